The van der Waals surface area contributed by atoms with Crippen LogP contribution in [0.5, 0.6) is 0 Å². The number of aromatic amines is 1. The summed E-state index contributed by atoms with van der Waals surface area (Å²) in [6.45, 7) is 0. The molecule has 1 amide bonds. The lowest BCUT2D eigenvalue weighted by Gasteiger charge is -2.23. The van der Waals surface area contributed by atoms with E-state index < -0.39 is 12.0 Å². The van der Waals surface area contributed by atoms with Crippen molar-refractivity contribution in [2.24, 2.45) is 0 Å². The van der Waals surface area contributed by atoms with Crippen LogP contribution in [0.3, 0.4) is 0 Å². The first-order chi connectivity index (χ1) is 10.1. The summed E-state index contributed by atoms with van der Waals surface area (Å²) in [5, 5.41) is 10.4. The van der Waals surface area contributed by atoms with E-state index in [2.05, 4.69) is 4.98 Å². The third-order valence-electron chi connectivity index (χ3n) is 3.47. The molecule has 0 bridgehead atoms. The second-order valence-corrected chi connectivity index (χ2v) is 6.35. The number of H-pyrrole nitrogens is 1. The van der Waals surface area contributed by atoms with Gasteiger partial charge < -0.3 is 10.1 Å². The number of carbonyl (C=O) groups is 2. The van der Waals surface area contributed by atoms with E-state index in [1.54, 1.807) is 6.20 Å². The third kappa shape index (κ3) is 2.54. The molecule has 2 aromatic rings. The number of carbonyl (C=O) groups excluding carboxylic acids is 1. The van der Waals surface area contributed by atoms with Crippen LogP contribution < -0.4 is 0 Å². The van der Waals surface area contributed by atoms with E-state index >= 15 is 0 Å². The zero-order valence-electron chi connectivity index (χ0n) is 10.9. The lowest BCUT2D eigenvalue weighted by molar-refractivity contribution is -0.145. The highest BCUT2D eigenvalue weighted by Gasteiger charge is 2.37. The number of para-hydroxylation sites is 1. The topological polar surface area (TPSA) is 73.4 Å². The molecule has 0 spiro atoms. The molecule has 1 atom stereocenters. The number of aromatic nitrogens is 1. The Morgan fingerprint density at radius 2 is 2.24 bits per heavy atom. The molecular formula is C14H12N2O3S2. The number of hydrogen-bond donors (Lipinski definition) is 2. The summed E-state index contributed by atoms with van der Waals surface area (Å²) in [5.41, 5.74) is 1.81. The monoisotopic (exact) mass is 320 g/mol. The number of amides is 1. The van der Waals surface area contributed by atoms with Crippen molar-refractivity contribution >= 4 is 51.1 Å². The second-order valence-electron chi connectivity index (χ2n) is 4.74. The fourth-order valence-electron chi connectivity index (χ4n) is 2.46. The number of thioether (sulfide) groups is 1. The highest BCUT2D eigenvalue weighted by Crippen LogP contribution is 2.26. The molecule has 1 saturated heterocycles. The van der Waals surface area contributed by atoms with E-state index in [1.807, 2.05) is 24.3 Å². The maximum absolute atomic E-state index is 11.9. The Hall–Kier alpha value is -1.86. The molecule has 1 aliphatic rings. The molecule has 1 unspecified atom stereocenters. The Bertz CT molecular complexity index is 725. The van der Waals surface area contributed by atoms with Crippen LogP contribution in [0.25, 0.3) is 10.9 Å². The number of carboxylic acids is 1. The zero-order chi connectivity index (χ0) is 15.0. The fraction of sp³-hybridized carbons (Fsp3) is 0.214. The number of rotatable bonds is 4. The van der Waals surface area contributed by atoms with Gasteiger partial charge in [0.1, 0.15) is 10.4 Å². The highest BCUT2D eigenvalue weighted by atomic mass is 32.2. The first-order valence-electron chi connectivity index (χ1n) is 6.34. The summed E-state index contributed by atoms with van der Waals surface area (Å²) in [6, 6.07) is 6.71. The molecule has 1 aromatic carbocycles. The van der Waals surface area contributed by atoms with E-state index in [0.29, 0.717) is 4.32 Å². The van der Waals surface area contributed by atoms with Crippen molar-refractivity contribution in [1.82, 2.24) is 9.88 Å². The van der Waals surface area contributed by atoms with Gasteiger partial charge >= 0.3 is 5.97 Å². The van der Waals surface area contributed by atoms with E-state index in [0.717, 1.165) is 16.5 Å². The standard InChI is InChI=1S/C14H12N2O3S2/c17-12-7-21-14(20)16(12)11(13(18)19)5-8-6-15-10-4-2-1-3-9(8)10/h1-4,6,11,15H,5,7H2,(H,18,19). The second kappa shape index (κ2) is 5.50. The minimum absolute atomic E-state index is 0.219. The molecule has 108 valence electrons. The van der Waals surface area contributed by atoms with Gasteiger partial charge in [-0.05, 0) is 11.6 Å². The van der Waals surface area contributed by atoms with Crippen LogP contribution >= 0.6 is 24.0 Å². The first-order valence-corrected chi connectivity index (χ1v) is 7.74. The van der Waals surface area contributed by atoms with Crippen LogP contribution in [0.15, 0.2) is 30.5 Å². The van der Waals surface area contributed by atoms with Gasteiger partial charge in [0, 0.05) is 23.5 Å². The zero-order valence-corrected chi connectivity index (χ0v) is 12.5. The fourth-order valence-corrected chi connectivity index (χ4v) is 3.62. The molecule has 0 saturated carbocycles. The van der Waals surface area contributed by atoms with Gasteiger partial charge in [-0.3, -0.25) is 9.69 Å². The number of hydrogen-bond acceptors (Lipinski definition) is 4. The van der Waals surface area contributed by atoms with Gasteiger partial charge in [0.05, 0.1) is 5.75 Å². The van der Waals surface area contributed by atoms with E-state index in [-0.39, 0.29) is 18.1 Å². The van der Waals surface area contributed by atoms with E-state index in [1.165, 1.54) is 16.7 Å². The minimum atomic E-state index is -1.04. The normalized spacial score (nSPS) is 16.7. The lowest BCUT2D eigenvalue weighted by Crippen LogP contribution is -2.45. The largest absolute Gasteiger partial charge is 0.480 e. The quantitative estimate of drug-likeness (QED) is 0.843. The number of thiocarbonyl (C=S) groups is 1. The number of nitrogens with zero attached hydrogens (tertiary/aromatic N) is 1. The molecule has 3 rings (SSSR count). The van der Waals surface area contributed by atoms with Crippen molar-refractivity contribution in [1.29, 1.82) is 0 Å². The number of carboxylic acid groups (broad SMARTS) is 1. The van der Waals surface area contributed by atoms with Crippen LogP contribution in [-0.2, 0) is 16.0 Å². The molecule has 1 aliphatic heterocycles. The molecule has 5 nitrogen and oxygen atoms in total. The van der Waals surface area contributed by atoms with Gasteiger partial charge in [0.25, 0.3) is 0 Å². The van der Waals surface area contributed by atoms with Crippen molar-refractivity contribution in [2.75, 3.05) is 5.75 Å². The van der Waals surface area contributed by atoms with Gasteiger partial charge in [-0.2, -0.15) is 0 Å². The number of fused-ring (bicyclic) bond motifs is 1. The summed E-state index contributed by atoms with van der Waals surface area (Å²) in [5.74, 6) is -1.06. The molecular weight excluding hydrogens is 308 g/mol. The number of aliphatic carboxylic acids is 1. The average molecular weight is 320 g/mol. The van der Waals surface area contributed by atoms with Crippen LogP contribution in [0.4, 0.5) is 0 Å². The van der Waals surface area contributed by atoms with Gasteiger partial charge in [0.2, 0.25) is 5.91 Å². The molecule has 1 fully saturated rings. The summed E-state index contributed by atoms with van der Waals surface area (Å²) >= 11 is 6.31. The first kappa shape index (κ1) is 14.1. The SMILES string of the molecule is O=C(O)C(Cc1c[nH]c2ccccc12)N1C(=O)CSC1=S. The Labute approximate surface area is 130 Å². The Kier molecular flexibility index (Phi) is 3.69. The van der Waals surface area contributed by atoms with Crippen LogP contribution in [-0.4, -0.2) is 43.0 Å². The van der Waals surface area contributed by atoms with E-state index in [4.69, 9.17) is 12.2 Å². The Morgan fingerprint density at radius 3 is 2.90 bits per heavy atom. The van der Waals surface area contributed by atoms with Crippen LogP contribution in [0.1, 0.15) is 5.56 Å². The van der Waals surface area contributed by atoms with Gasteiger partial charge in [-0.15, -0.1) is 0 Å². The summed E-state index contributed by atoms with van der Waals surface area (Å²) in [4.78, 5) is 27.8. The lowest BCUT2D eigenvalue weighted by atomic mass is 10.0. The van der Waals surface area contributed by atoms with Crippen molar-refractivity contribution in [3.8, 4) is 0 Å². The molecule has 0 radical (unpaired) electrons. The molecule has 7 heteroatoms. The van der Waals surface area contributed by atoms with Crippen LogP contribution in [0.2, 0.25) is 0 Å². The summed E-state index contributed by atoms with van der Waals surface area (Å²) in [7, 11) is 0. The summed E-state index contributed by atoms with van der Waals surface area (Å²) < 4.78 is 0.340. The minimum Gasteiger partial charge on any atom is -0.480 e. The maximum Gasteiger partial charge on any atom is 0.327 e. The van der Waals surface area contributed by atoms with Crippen molar-refractivity contribution < 1.29 is 14.7 Å². The highest BCUT2D eigenvalue weighted by molar-refractivity contribution is 8.23. The van der Waals surface area contributed by atoms with Crippen molar-refractivity contribution in [2.45, 2.75) is 12.5 Å². The Morgan fingerprint density at radius 1 is 1.48 bits per heavy atom. The van der Waals surface area contributed by atoms with Gasteiger partial charge in [-0.1, -0.05) is 42.2 Å². The van der Waals surface area contributed by atoms with Crippen molar-refractivity contribution in [3.63, 3.8) is 0 Å². The molecule has 2 N–H and O–H groups in total. The molecule has 0 aliphatic carbocycles. The smallest absolute Gasteiger partial charge is 0.327 e. The third-order valence-corrected chi connectivity index (χ3v) is 4.85. The van der Waals surface area contributed by atoms with Crippen molar-refractivity contribution in [3.05, 3.63) is 36.0 Å². The summed E-state index contributed by atoms with van der Waals surface area (Å²) in [6.07, 6.45) is 2.02. The maximum atomic E-state index is 11.9. The predicted octanol–water partition coefficient (Wildman–Crippen LogP) is 2.02. The van der Waals surface area contributed by atoms with Crippen LogP contribution in [0, 0.1) is 0 Å². The predicted molar refractivity (Wildman–Crippen MR) is 85.3 cm³/mol. The average Bonchev–Trinajstić information content (AvgIpc) is 3.01. The van der Waals surface area contributed by atoms with Gasteiger partial charge in [-0.25, -0.2) is 4.79 Å². The Balaban J connectivity index is 1.94. The number of nitrogens with one attached hydrogen (secondary N) is 1. The molecule has 1 aromatic heterocycles. The van der Waals surface area contributed by atoms with E-state index in [9.17, 15) is 14.7 Å². The molecule has 21 heavy (non-hydrogen) atoms. The molecule has 2 heterocycles. The van der Waals surface area contributed by atoms with Gasteiger partial charge in [0.15, 0.2) is 0 Å². The number of benzene rings is 1.